The summed E-state index contributed by atoms with van der Waals surface area (Å²) in [5.41, 5.74) is 3.51. The highest BCUT2D eigenvalue weighted by molar-refractivity contribution is 7.11. The Kier molecular flexibility index (Phi) is 2.87. The molecule has 0 aliphatic heterocycles. The normalized spacial score (nSPS) is 10.2. The molecule has 3 nitrogen and oxygen atoms in total. The molecule has 0 aliphatic carbocycles. The second kappa shape index (κ2) is 4.31. The summed E-state index contributed by atoms with van der Waals surface area (Å²) in [7, 11) is 0. The summed E-state index contributed by atoms with van der Waals surface area (Å²) in [5, 5.41) is 0. The van der Waals surface area contributed by atoms with E-state index in [2.05, 4.69) is 9.97 Å². The molecule has 4 heteroatoms. The molecule has 0 radical (unpaired) electrons. The second-order valence-electron chi connectivity index (χ2n) is 3.22. The minimum Gasteiger partial charge on any atom is -0.293 e. The first-order chi connectivity index (χ1) is 7.27. The maximum absolute atomic E-state index is 11.8. The van der Waals surface area contributed by atoms with Crippen LogP contribution in [0.3, 0.4) is 0 Å². The van der Waals surface area contributed by atoms with Crippen molar-refractivity contribution in [3.63, 3.8) is 0 Å². The van der Waals surface area contributed by atoms with E-state index in [0.29, 0.717) is 6.42 Å². The minimum atomic E-state index is 0.126. The van der Waals surface area contributed by atoms with Crippen molar-refractivity contribution < 1.29 is 4.79 Å². The van der Waals surface area contributed by atoms with E-state index in [1.54, 1.807) is 17.9 Å². The van der Waals surface area contributed by atoms with Gasteiger partial charge in [-0.2, -0.15) is 0 Å². The number of hydrogen-bond acceptors (Lipinski definition) is 4. The van der Waals surface area contributed by atoms with Gasteiger partial charge >= 0.3 is 0 Å². The molecule has 2 rings (SSSR count). The van der Waals surface area contributed by atoms with Gasteiger partial charge in [0.15, 0.2) is 5.78 Å². The van der Waals surface area contributed by atoms with Crippen molar-refractivity contribution >= 4 is 17.1 Å². The molecule has 0 atom stereocenters. The topological polar surface area (TPSA) is 42.9 Å². The quantitative estimate of drug-likeness (QED) is 0.742. The Morgan fingerprint density at radius 1 is 1.40 bits per heavy atom. The molecule has 2 aromatic heterocycles. The SMILES string of the molecule is Cc1ncsc1C(=O)Cc1ccncc1. The summed E-state index contributed by atoms with van der Waals surface area (Å²) in [4.78, 5) is 20.6. The van der Waals surface area contributed by atoms with Crippen molar-refractivity contribution in [1.82, 2.24) is 9.97 Å². The van der Waals surface area contributed by atoms with E-state index < -0.39 is 0 Å². The number of pyridine rings is 1. The number of thiazole rings is 1. The molecule has 0 amide bonds. The molecule has 2 aromatic rings. The largest absolute Gasteiger partial charge is 0.293 e. The van der Waals surface area contributed by atoms with Gasteiger partial charge in [0.2, 0.25) is 0 Å². The zero-order valence-corrected chi connectivity index (χ0v) is 9.12. The van der Waals surface area contributed by atoms with Crippen LogP contribution in [0.4, 0.5) is 0 Å². The first-order valence-corrected chi connectivity index (χ1v) is 5.47. The van der Waals surface area contributed by atoms with Gasteiger partial charge in [-0.3, -0.25) is 9.78 Å². The van der Waals surface area contributed by atoms with Crippen LogP contribution in [0.15, 0.2) is 30.0 Å². The van der Waals surface area contributed by atoms with E-state index in [9.17, 15) is 4.79 Å². The highest BCUT2D eigenvalue weighted by Crippen LogP contribution is 2.15. The van der Waals surface area contributed by atoms with E-state index in [1.165, 1.54) is 11.3 Å². The third-order valence-corrected chi connectivity index (χ3v) is 3.08. The number of nitrogens with zero attached hydrogens (tertiary/aromatic N) is 2. The Labute approximate surface area is 91.8 Å². The maximum Gasteiger partial charge on any atom is 0.179 e. The zero-order valence-electron chi connectivity index (χ0n) is 8.30. The molecule has 0 saturated carbocycles. The van der Waals surface area contributed by atoms with Crippen molar-refractivity contribution in [2.24, 2.45) is 0 Å². The number of ketones is 1. The predicted molar refractivity (Wildman–Crippen MR) is 59.1 cm³/mol. The maximum atomic E-state index is 11.8. The summed E-state index contributed by atoms with van der Waals surface area (Å²) < 4.78 is 0. The van der Waals surface area contributed by atoms with Crippen LogP contribution in [0, 0.1) is 6.92 Å². The van der Waals surface area contributed by atoms with Crippen LogP contribution in [-0.2, 0) is 6.42 Å². The van der Waals surface area contributed by atoms with Crippen molar-refractivity contribution in [2.45, 2.75) is 13.3 Å². The number of Topliss-reactive ketones (excluding diaryl/α,β-unsaturated/α-hetero) is 1. The lowest BCUT2D eigenvalue weighted by Gasteiger charge is -1.98. The van der Waals surface area contributed by atoms with Gasteiger partial charge in [0.25, 0.3) is 0 Å². The van der Waals surface area contributed by atoms with Gasteiger partial charge in [-0.1, -0.05) is 0 Å². The van der Waals surface area contributed by atoms with Crippen LogP contribution in [0.1, 0.15) is 20.9 Å². The Morgan fingerprint density at radius 2 is 2.13 bits per heavy atom. The second-order valence-corrected chi connectivity index (χ2v) is 4.08. The van der Waals surface area contributed by atoms with Crippen LogP contribution in [0.25, 0.3) is 0 Å². The Hall–Kier alpha value is -1.55. The molecule has 76 valence electrons. The van der Waals surface area contributed by atoms with E-state index >= 15 is 0 Å². The average Bonchev–Trinajstić information content (AvgIpc) is 2.66. The number of aromatic nitrogens is 2. The number of carbonyl (C=O) groups is 1. The highest BCUT2D eigenvalue weighted by Gasteiger charge is 2.11. The van der Waals surface area contributed by atoms with E-state index in [-0.39, 0.29) is 5.78 Å². The standard InChI is InChI=1S/C11H10N2OS/c1-8-11(15-7-13-8)10(14)6-9-2-4-12-5-3-9/h2-5,7H,6H2,1H3. The Morgan fingerprint density at radius 3 is 2.73 bits per heavy atom. The molecule has 0 unspecified atom stereocenters. The Bertz CT molecular complexity index is 464. The zero-order chi connectivity index (χ0) is 10.7. The minimum absolute atomic E-state index is 0.126. The molecular formula is C11H10N2OS. The first-order valence-electron chi connectivity index (χ1n) is 4.59. The van der Waals surface area contributed by atoms with Gasteiger partial charge < -0.3 is 0 Å². The fourth-order valence-electron chi connectivity index (χ4n) is 1.34. The molecule has 2 heterocycles. The Balaban J connectivity index is 2.15. The first kappa shape index (κ1) is 9.98. The number of rotatable bonds is 3. The van der Waals surface area contributed by atoms with Gasteiger partial charge in [0.05, 0.1) is 16.1 Å². The summed E-state index contributed by atoms with van der Waals surface area (Å²) in [6, 6.07) is 3.71. The van der Waals surface area contributed by atoms with Crippen molar-refractivity contribution in [3.05, 3.63) is 46.2 Å². The van der Waals surface area contributed by atoms with Crippen LogP contribution in [0.2, 0.25) is 0 Å². The molecule has 0 spiro atoms. The average molecular weight is 218 g/mol. The van der Waals surface area contributed by atoms with Crippen LogP contribution in [0.5, 0.6) is 0 Å². The van der Waals surface area contributed by atoms with Crippen LogP contribution in [-0.4, -0.2) is 15.8 Å². The van der Waals surface area contributed by atoms with Crippen molar-refractivity contribution in [3.8, 4) is 0 Å². The molecule has 0 N–H and O–H groups in total. The number of hydrogen-bond donors (Lipinski definition) is 0. The molecule has 0 aliphatic rings. The smallest absolute Gasteiger partial charge is 0.179 e. The van der Waals surface area contributed by atoms with Crippen LogP contribution >= 0.6 is 11.3 Å². The van der Waals surface area contributed by atoms with Crippen LogP contribution < -0.4 is 0 Å². The fraction of sp³-hybridized carbons (Fsp3) is 0.182. The molecule has 0 fully saturated rings. The lowest BCUT2D eigenvalue weighted by atomic mass is 10.1. The van der Waals surface area contributed by atoms with Gasteiger partial charge in [-0.15, -0.1) is 11.3 Å². The van der Waals surface area contributed by atoms with Gasteiger partial charge in [0, 0.05) is 18.8 Å². The monoisotopic (exact) mass is 218 g/mol. The van der Waals surface area contributed by atoms with E-state index in [4.69, 9.17) is 0 Å². The summed E-state index contributed by atoms with van der Waals surface area (Å²) in [6.45, 7) is 1.86. The van der Waals surface area contributed by atoms with E-state index in [1.807, 2.05) is 19.1 Å². The molecular weight excluding hydrogens is 208 g/mol. The van der Waals surface area contributed by atoms with Gasteiger partial charge in [0.1, 0.15) is 0 Å². The highest BCUT2D eigenvalue weighted by atomic mass is 32.1. The lowest BCUT2D eigenvalue weighted by molar-refractivity contribution is 0.0996. The van der Waals surface area contributed by atoms with Gasteiger partial charge in [-0.05, 0) is 24.6 Å². The summed E-state index contributed by atoms with van der Waals surface area (Å²) in [6.07, 6.45) is 3.82. The fourth-order valence-corrected chi connectivity index (χ4v) is 2.08. The number of aryl methyl sites for hydroxylation is 1. The summed E-state index contributed by atoms with van der Waals surface area (Å²) in [5.74, 6) is 0.126. The molecule has 0 bridgehead atoms. The molecule has 15 heavy (non-hydrogen) atoms. The molecule has 0 aromatic carbocycles. The lowest BCUT2D eigenvalue weighted by Crippen LogP contribution is -2.03. The van der Waals surface area contributed by atoms with Crippen molar-refractivity contribution in [2.75, 3.05) is 0 Å². The third-order valence-electron chi connectivity index (χ3n) is 2.11. The molecule has 0 saturated heterocycles. The van der Waals surface area contributed by atoms with Crippen molar-refractivity contribution in [1.29, 1.82) is 0 Å². The predicted octanol–water partition coefficient (Wildman–Crippen LogP) is 2.27. The van der Waals surface area contributed by atoms with E-state index in [0.717, 1.165) is 16.1 Å². The summed E-state index contributed by atoms with van der Waals surface area (Å²) >= 11 is 1.40. The third kappa shape index (κ3) is 2.27. The number of carbonyl (C=O) groups excluding carboxylic acids is 1. The van der Waals surface area contributed by atoms with Gasteiger partial charge in [-0.25, -0.2) is 4.98 Å².